The van der Waals surface area contributed by atoms with E-state index in [-0.39, 0.29) is 12.8 Å². The summed E-state index contributed by atoms with van der Waals surface area (Å²) in [6.07, 6.45) is -0.524. The number of rotatable bonds is 7. The average Bonchev–Trinajstić information content (AvgIpc) is 2.40. The Hall–Kier alpha value is -2.12. The molecule has 0 aliphatic heterocycles. The SMILES string of the molecule is CC(C)(C)NC(=O)C(C)(C)OC(=O)CCC(=O)OC(C)(C)C(=O)NC(C)(C)C. The highest BCUT2D eigenvalue weighted by molar-refractivity contribution is 5.89. The third-order valence-electron chi connectivity index (χ3n) is 3.34. The van der Waals surface area contributed by atoms with Gasteiger partial charge in [0, 0.05) is 11.1 Å². The lowest BCUT2D eigenvalue weighted by Gasteiger charge is -2.30. The van der Waals surface area contributed by atoms with Gasteiger partial charge in [0.05, 0.1) is 12.8 Å². The Morgan fingerprint density at radius 1 is 0.571 bits per heavy atom. The van der Waals surface area contributed by atoms with E-state index in [0.717, 1.165) is 0 Å². The summed E-state index contributed by atoms with van der Waals surface area (Å²) >= 11 is 0. The molecule has 0 aromatic rings. The van der Waals surface area contributed by atoms with Crippen molar-refractivity contribution in [1.29, 1.82) is 0 Å². The van der Waals surface area contributed by atoms with Crippen molar-refractivity contribution in [3.05, 3.63) is 0 Å². The summed E-state index contributed by atoms with van der Waals surface area (Å²) < 4.78 is 10.4. The molecule has 0 saturated heterocycles. The second-order valence-electron chi connectivity index (χ2n) is 9.88. The minimum absolute atomic E-state index is 0.262. The summed E-state index contributed by atoms with van der Waals surface area (Å²) in [6, 6.07) is 0. The maximum absolute atomic E-state index is 12.2. The number of hydrogen-bond donors (Lipinski definition) is 2. The monoisotopic (exact) mass is 400 g/mol. The predicted molar refractivity (Wildman–Crippen MR) is 105 cm³/mol. The highest BCUT2D eigenvalue weighted by atomic mass is 16.6. The largest absolute Gasteiger partial charge is 0.450 e. The first-order valence-electron chi connectivity index (χ1n) is 9.34. The normalized spacial score (nSPS) is 12.8. The Morgan fingerprint density at radius 3 is 1.04 bits per heavy atom. The van der Waals surface area contributed by atoms with E-state index in [1.165, 1.54) is 27.7 Å². The van der Waals surface area contributed by atoms with E-state index < -0.39 is 46.0 Å². The topological polar surface area (TPSA) is 111 Å². The Labute approximate surface area is 168 Å². The third-order valence-corrected chi connectivity index (χ3v) is 3.34. The van der Waals surface area contributed by atoms with Crippen LogP contribution in [0.5, 0.6) is 0 Å². The van der Waals surface area contributed by atoms with Crippen molar-refractivity contribution in [3.63, 3.8) is 0 Å². The number of nitrogens with one attached hydrogen (secondary N) is 2. The first-order chi connectivity index (χ1) is 12.3. The third kappa shape index (κ3) is 10.3. The van der Waals surface area contributed by atoms with E-state index in [9.17, 15) is 19.2 Å². The van der Waals surface area contributed by atoms with Gasteiger partial charge >= 0.3 is 11.9 Å². The summed E-state index contributed by atoms with van der Waals surface area (Å²) in [5, 5.41) is 5.48. The van der Waals surface area contributed by atoms with Crippen LogP contribution in [0, 0.1) is 0 Å². The molecule has 28 heavy (non-hydrogen) atoms. The number of hydrogen-bond acceptors (Lipinski definition) is 6. The van der Waals surface area contributed by atoms with Crippen molar-refractivity contribution in [2.45, 2.75) is 104 Å². The van der Waals surface area contributed by atoms with Gasteiger partial charge in [-0.25, -0.2) is 0 Å². The van der Waals surface area contributed by atoms with E-state index in [0.29, 0.717) is 0 Å². The second-order valence-corrected chi connectivity index (χ2v) is 9.88. The van der Waals surface area contributed by atoms with Crippen LogP contribution in [0.3, 0.4) is 0 Å². The maximum Gasteiger partial charge on any atom is 0.307 e. The van der Waals surface area contributed by atoms with Gasteiger partial charge in [-0.15, -0.1) is 0 Å². The number of carbonyl (C=O) groups excluding carboxylic acids is 4. The van der Waals surface area contributed by atoms with Crippen molar-refractivity contribution in [2.75, 3.05) is 0 Å². The van der Waals surface area contributed by atoms with E-state index in [4.69, 9.17) is 9.47 Å². The molecule has 0 spiro atoms. The van der Waals surface area contributed by atoms with Crippen LogP contribution in [-0.2, 0) is 28.7 Å². The fraction of sp³-hybridized carbons (Fsp3) is 0.800. The van der Waals surface area contributed by atoms with Gasteiger partial charge in [0.15, 0.2) is 11.2 Å². The molecule has 162 valence electrons. The van der Waals surface area contributed by atoms with Gasteiger partial charge in [0.25, 0.3) is 11.8 Å². The standard InChI is InChI=1S/C20H36N2O6/c1-17(2,3)21-15(25)19(7,8)27-13(23)11-12-14(24)28-20(9,10)16(26)22-18(4,5)6/h11-12H2,1-10H3,(H,21,25)(H,22,26). The lowest BCUT2D eigenvalue weighted by molar-refractivity contribution is -0.170. The maximum atomic E-state index is 12.2. The quantitative estimate of drug-likeness (QED) is 0.634. The Balaban J connectivity index is 4.65. The fourth-order valence-corrected chi connectivity index (χ4v) is 1.95. The summed E-state index contributed by atoms with van der Waals surface area (Å²) in [6.45, 7) is 16.8. The van der Waals surface area contributed by atoms with Crippen molar-refractivity contribution in [2.24, 2.45) is 0 Å². The van der Waals surface area contributed by atoms with Crippen molar-refractivity contribution in [3.8, 4) is 0 Å². The molecule has 0 bridgehead atoms. The van der Waals surface area contributed by atoms with Crippen molar-refractivity contribution >= 4 is 23.8 Å². The Kier molecular flexibility index (Phi) is 8.25. The number of amides is 2. The van der Waals surface area contributed by atoms with Crippen LogP contribution in [0.15, 0.2) is 0 Å². The molecule has 0 rings (SSSR count). The zero-order valence-electron chi connectivity index (χ0n) is 18.9. The fourth-order valence-electron chi connectivity index (χ4n) is 1.95. The molecule has 0 radical (unpaired) electrons. The van der Waals surface area contributed by atoms with Crippen molar-refractivity contribution < 1.29 is 28.7 Å². The first-order valence-corrected chi connectivity index (χ1v) is 9.34. The Morgan fingerprint density at radius 2 is 0.821 bits per heavy atom. The van der Waals surface area contributed by atoms with Crippen LogP contribution in [0.2, 0.25) is 0 Å². The van der Waals surface area contributed by atoms with E-state index in [1.807, 2.05) is 41.5 Å². The van der Waals surface area contributed by atoms with Gasteiger partial charge in [-0.2, -0.15) is 0 Å². The first kappa shape index (κ1) is 25.9. The molecule has 8 nitrogen and oxygen atoms in total. The van der Waals surface area contributed by atoms with Crippen LogP contribution in [-0.4, -0.2) is 46.0 Å². The molecule has 0 fully saturated rings. The number of carbonyl (C=O) groups is 4. The summed E-state index contributed by atoms with van der Waals surface area (Å²) in [4.78, 5) is 48.5. The van der Waals surface area contributed by atoms with Crippen LogP contribution in [0.1, 0.15) is 82.1 Å². The summed E-state index contributed by atoms with van der Waals surface area (Å²) in [5.41, 5.74) is -3.69. The molecule has 0 aromatic heterocycles. The lowest BCUT2D eigenvalue weighted by atomic mass is 10.0. The minimum Gasteiger partial charge on any atom is -0.450 e. The lowest BCUT2D eigenvalue weighted by Crippen LogP contribution is -2.52. The van der Waals surface area contributed by atoms with E-state index >= 15 is 0 Å². The highest BCUT2D eigenvalue weighted by Crippen LogP contribution is 2.16. The van der Waals surface area contributed by atoms with Gasteiger partial charge in [-0.05, 0) is 69.2 Å². The predicted octanol–water partition coefficient (Wildman–Crippen LogP) is 2.24. The average molecular weight is 401 g/mol. The molecule has 0 saturated carbocycles. The molecule has 0 aliphatic carbocycles. The summed E-state index contributed by atoms with van der Waals surface area (Å²) in [5.74, 6) is -2.28. The number of esters is 2. The molecule has 0 atom stereocenters. The van der Waals surface area contributed by atoms with Gasteiger partial charge in [0.2, 0.25) is 0 Å². The van der Waals surface area contributed by atoms with Gasteiger partial charge < -0.3 is 20.1 Å². The molecule has 2 N–H and O–H groups in total. The van der Waals surface area contributed by atoms with Crippen LogP contribution >= 0.6 is 0 Å². The molecular formula is C20H36N2O6. The second kappa shape index (κ2) is 8.92. The molecule has 0 heterocycles. The molecule has 0 unspecified atom stereocenters. The molecule has 8 heteroatoms. The van der Waals surface area contributed by atoms with Gasteiger partial charge in [-0.3, -0.25) is 19.2 Å². The highest BCUT2D eigenvalue weighted by Gasteiger charge is 2.36. The zero-order chi connectivity index (χ0) is 22.6. The van der Waals surface area contributed by atoms with Crippen LogP contribution in [0.4, 0.5) is 0 Å². The smallest absolute Gasteiger partial charge is 0.307 e. The van der Waals surface area contributed by atoms with Crippen LogP contribution in [0.25, 0.3) is 0 Å². The van der Waals surface area contributed by atoms with Crippen molar-refractivity contribution in [1.82, 2.24) is 10.6 Å². The molecule has 0 aromatic carbocycles. The van der Waals surface area contributed by atoms with E-state index in [1.54, 1.807) is 0 Å². The summed E-state index contributed by atoms with van der Waals surface area (Å²) in [7, 11) is 0. The zero-order valence-corrected chi connectivity index (χ0v) is 18.9. The molecule has 2 amide bonds. The van der Waals surface area contributed by atoms with Gasteiger partial charge in [-0.1, -0.05) is 0 Å². The molecule has 0 aliphatic rings. The van der Waals surface area contributed by atoms with Gasteiger partial charge in [0.1, 0.15) is 0 Å². The molecular weight excluding hydrogens is 364 g/mol. The minimum atomic E-state index is -1.37. The van der Waals surface area contributed by atoms with E-state index in [2.05, 4.69) is 10.6 Å². The van der Waals surface area contributed by atoms with Crippen LogP contribution < -0.4 is 10.6 Å². The Bertz CT molecular complexity index is 555. The number of ether oxygens (including phenoxy) is 2.